The van der Waals surface area contributed by atoms with Crippen molar-refractivity contribution in [3.63, 3.8) is 0 Å². The first-order valence-electron chi connectivity index (χ1n) is 6.98. The van der Waals surface area contributed by atoms with Gasteiger partial charge in [0.1, 0.15) is 5.82 Å². The van der Waals surface area contributed by atoms with Gasteiger partial charge in [-0.2, -0.15) is 0 Å². The molecule has 1 N–H and O–H groups in total. The largest absolute Gasteiger partial charge is 0.385 e. The van der Waals surface area contributed by atoms with E-state index in [0.29, 0.717) is 10.6 Å². The van der Waals surface area contributed by atoms with Gasteiger partial charge in [0.05, 0.1) is 0 Å². The summed E-state index contributed by atoms with van der Waals surface area (Å²) in [4.78, 5) is 12.5. The molecule has 0 atom stereocenters. The molecule has 0 saturated heterocycles. The zero-order valence-corrected chi connectivity index (χ0v) is 12.2. The summed E-state index contributed by atoms with van der Waals surface area (Å²) in [5.74, 6) is -0.374. The van der Waals surface area contributed by atoms with Crippen molar-refractivity contribution in [3.05, 3.63) is 63.9 Å². The Bertz CT molecular complexity index is 699. The third kappa shape index (κ3) is 2.93. The van der Waals surface area contributed by atoms with Gasteiger partial charge in [-0.1, -0.05) is 29.8 Å². The van der Waals surface area contributed by atoms with E-state index < -0.39 is 5.82 Å². The van der Waals surface area contributed by atoms with Crippen LogP contribution in [0.4, 0.5) is 10.1 Å². The summed E-state index contributed by atoms with van der Waals surface area (Å²) in [6.45, 7) is 0.939. The molecule has 108 valence electrons. The Morgan fingerprint density at radius 2 is 2.14 bits per heavy atom. The molecule has 0 unspecified atom stereocenters. The number of carbonyl (C=O) groups excluding carboxylic acids is 1. The van der Waals surface area contributed by atoms with Crippen molar-refractivity contribution in [1.29, 1.82) is 0 Å². The van der Waals surface area contributed by atoms with Crippen LogP contribution in [0.15, 0.2) is 36.4 Å². The van der Waals surface area contributed by atoms with Crippen LogP contribution in [0.5, 0.6) is 0 Å². The Labute approximate surface area is 127 Å². The maximum absolute atomic E-state index is 13.1. The highest BCUT2D eigenvalue weighted by Gasteiger charge is 2.18. The summed E-state index contributed by atoms with van der Waals surface area (Å²) < 4.78 is 13.1. The van der Waals surface area contributed by atoms with Crippen molar-refractivity contribution in [2.45, 2.75) is 19.3 Å². The molecule has 0 bridgehead atoms. The second-order valence-corrected chi connectivity index (χ2v) is 5.60. The molecule has 0 amide bonds. The van der Waals surface area contributed by atoms with Crippen LogP contribution >= 0.6 is 11.6 Å². The molecule has 0 aromatic heterocycles. The van der Waals surface area contributed by atoms with Gasteiger partial charge in [0, 0.05) is 29.2 Å². The lowest BCUT2D eigenvalue weighted by atomic mass is 9.93. The molecule has 1 heterocycles. The van der Waals surface area contributed by atoms with Gasteiger partial charge in [-0.15, -0.1) is 0 Å². The van der Waals surface area contributed by atoms with Crippen LogP contribution in [-0.2, 0) is 12.8 Å². The van der Waals surface area contributed by atoms with Gasteiger partial charge in [-0.05, 0) is 42.2 Å². The zero-order chi connectivity index (χ0) is 14.8. The van der Waals surface area contributed by atoms with Crippen LogP contribution in [-0.4, -0.2) is 12.3 Å². The van der Waals surface area contributed by atoms with E-state index in [1.807, 2.05) is 18.2 Å². The number of benzene rings is 2. The van der Waals surface area contributed by atoms with Crippen molar-refractivity contribution in [3.8, 4) is 0 Å². The predicted octanol–water partition coefficient (Wildman–Crippen LogP) is 4.26. The van der Waals surface area contributed by atoms with Crippen LogP contribution in [0, 0.1) is 5.82 Å². The SMILES string of the molecule is O=C(Cc1ccc(F)cc1Cl)c1cccc2c1CCCN2. The highest BCUT2D eigenvalue weighted by atomic mass is 35.5. The molecule has 3 rings (SSSR count). The van der Waals surface area contributed by atoms with E-state index >= 15 is 0 Å². The maximum Gasteiger partial charge on any atom is 0.167 e. The number of carbonyl (C=O) groups is 1. The Morgan fingerprint density at radius 3 is 2.95 bits per heavy atom. The minimum Gasteiger partial charge on any atom is -0.385 e. The first-order chi connectivity index (χ1) is 10.1. The zero-order valence-electron chi connectivity index (χ0n) is 11.5. The summed E-state index contributed by atoms with van der Waals surface area (Å²) in [7, 11) is 0. The number of ketones is 1. The number of halogens is 2. The quantitative estimate of drug-likeness (QED) is 0.858. The third-order valence-electron chi connectivity index (χ3n) is 3.76. The number of nitrogens with one attached hydrogen (secondary N) is 1. The fourth-order valence-electron chi connectivity index (χ4n) is 2.70. The topological polar surface area (TPSA) is 29.1 Å². The van der Waals surface area contributed by atoms with Crippen LogP contribution in [0.25, 0.3) is 0 Å². The fraction of sp³-hybridized carbons (Fsp3) is 0.235. The molecule has 2 aromatic rings. The van der Waals surface area contributed by atoms with E-state index in [1.54, 1.807) is 6.07 Å². The van der Waals surface area contributed by atoms with Crippen LogP contribution in [0.3, 0.4) is 0 Å². The lowest BCUT2D eigenvalue weighted by Gasteiger charge is -2.20. The molecule has 0 aliphatic carbocycles. The van der Waals surface area contributed by atoms with Crippen molar-refractivity contribution >= 4 is 23.1 Å². The van der Waals surface area contributed by atoms with Crippen LogP contribution in [0.2, 0.25) is 5.02 Å². The van der Waals surface area contributed by atoms with Gasteiger partial charge in [0.2, 0.25) is 0 Å². The summed E-state index contributed by atoms with van der Waals surface area (Å²) >= 11 is 6.00. The molecule has 0 radical (unpaired) electrons. The molecule has 0 spiro atoms. The molecule has 2 nitrogen and oxygen atoms in total. The highest BCUT2D eigenvalue weighted by Crippen LogP contribution is 2.27. The lowest BCUT2D eigenvalue weighted by molar-refractivity contribution is 0.0992. The second kappa shape index (κ2) is 5.86. The van der Waals surface area contributed by atoms with Crippen molar-refractivity contribution < 1.29 is 9.18 Å². The Hall–Kier alpha value is -1.87. The summed E-state index contributed by atoms with van der Waals surface area (Å²) in [6, 6.07) is 9.88. The number of Topliss-reactive ketones (excluding diaryl/α,β-unsaturated/α-hetero) is 1. The minimum atomic E-state index is -0.391. The molecule has 0 saturated carbocycles. The highest BCUT2D eigenvalue weighted by molar-refractivity contribution is 6.31. The van der Waals surface area contributed by atoms with Gasteiger partial charge in [0.15, 0.2) is 5.78 Å². The molecule has 1 aliphatic rings. The van der Waals surface area contributed by atoms with E-state index in [4.69, 9.17) is 11.6 Å². The van der Waals surface area contributed by atoms with E-state index in [0.717, 1.165) is 36.2 Å². The van der Waals surface area contributed by atoms with Gasteiger partial charge < -0.3 is 5.32 Å². The standard InChI is InChI=1S/C17H15ClFNO/c18-15-10-12(19)7-6-11(15)9-17(21)14-3-1-5-16-13(14)4-2-8-20-16/h1,3,5-7,10,20H,2,4,8-9H2. The number of anilines is 1. The van der Waals surface area contributed by atoms with Gasteiger partial charge in [0.25, 0.3) is 0 Å². The van der Waals surface area contributed by atoms with Crippen molar-refractivity contribution in [2.24, 2.45) is 0 Å². The number of rotatable bonds is 3. The van der Waals surface area contributed by atoms with E-state index in [-0.39, 0.29) is 12.2 Å². The fourth-order valence-corrected chi connectivity index (χ4v) is 2.94. The molecular formula is C17H15ClFNO. The lowest BCUT2D eigenvalue weighted by Crippen LogP contribution is -2.16. The smallest absolute Gasteiger partial charge is 0.167 e. The van der Waals surface area contributed by atoms with Gasteiger partial charge in [-0.25, -0.2) is 4.39 Å². The minimum absolute atomic E-state index is 0.0176. The number of fused-ring (bicyclic) bond motifs is 1. The Balaban J connectivity index is 1.89. The predicted molar refractivity (Wildman–Crippen MR) is 82.7 cm³/mol. The second-order valence-electron chi connectivity index (χ2n) is 5.20. The van der Waals surface area contributed by atoms with E-state index in [1.165, 1.54) is 12.1 Å². The average molecular weight is 304 g/mol. The molecule has 1 aliphatic heterocycles. The van der Waals surface area contributed by atoms with Crippen LogP contribution < -0.4 is 5.32 Å². The maximum atomic E-state index is 13.1. The average Bonchev–Trinajstić information content (AvgIpc) is 2.49. The number of hydrogen-bond acceptors (Lipinski definition) is 2. The Morgan fingerprint density at radius 1 is 1.29 bits per heavy atom. The number of hydrogen-bond donors (Lipinski definition) is 1. The Kier molecular flexibility index (Phi) is 3.93. The van der Waals surface area contributed by atoms with Crippen molar-refractivity contribution in [1.82, 2.24) is 0 Å². The molecule has 2 aromatic carbocycles. The van der Waals surface area contributed by atoms with Crippen LogP contribution in [0.1, 0.15) is 27.9 Å². The van der Waals surface area contributed by atoms with Gasteiger partial charge in [-0.3, -0.25) is 4.79 Å². The first kappa shape index (κ1) is 14.1. The van der Waals surface area contributed by atoms with Crippen molar-refractivity contribution in [2.75, 3.05) is 11.9 Å². The molecule has 0 fully saturated rings. The summed E-state index contributed by atoms with van der Waals surface area (Å²) in [6.07, 6.45) is 2.12. The summed E-state index contributed by atoms with van der Waals surface area (Å²) in [5, 5.41) is 3.61. The molecule has 4 heteroatoms. The van der Waals surface area contributed by atoms with E-state index in [9.17, 15) is 9.18 Å². The third-order valence-corrected chi connectivity index (χ3v) is 4.11. The van der Waals surface area contributed by atoms with E-state index in [2.05, 4.69) is 5.32 Å². The van der Waals surface area contributed by atoms with Gasteiger partial charge >= 0.3 is 0 Å². The molecular weight excluding hydrogens is 289 g/mol. The molecule has 21 heavy (non-hydrogen) atoms. The summed E-state index contributed by atoms with van der Waals surface area (Å²) in [5.41, 5.74) is 3.51. The monoisotopic (exact) mass is 303 g/mol. The normalized spacial score (nSPS) is 13.4. The first-order valence-corrected chi connectivity index (χ1v) is 7.36.